The molecule has 4 heteroatoms. The normalized spacial score (nSPS) is 15.0. The number of rotatable bonds is 1. The molecule has 0 fully saturated rings. The van der Waals surface area contributed by atoms with Crippen LogP contribution in [0.2, 0.25) is 0 Å². The molecule has 3 nitrogen and oxygen atoms in total. The van der Waals surface area contributed by atoms with Crippen LogP contribution in [0.4, 0.5) is 0 Å². The van der Waals surface area contributed by atoms with E-state index in [1.807, 2.05) is 18.2 Å². The maximum atomic E-state index is 8.72. The summed E-state index contributed by atoms with van der Waals surface area (Å²) in [5.41, 5.74) is 3.76. The average molecular weight is 225 g/mol. The summed E-state index contributed by atoms with van der Waals surface area (Å²) in [5.74, 6) is 0. The summed E-state index contributed by atoms with van der Waals surface area (Å²) in [6.07, 6.45) is 0.971. The molecule has 0 aliphatic carbocycles. The number of hydrogen-bond donors (Lipinski definition) is 1. The van der Waals surface area contributed by atoms with Gasteiger partial charge in [0.1, 0.15) is 5.71 Å². The van der Waals surface area contributed by atoms with E-state index in [0.29, 0.717) is 5.71 Å². The molecule has 15 heavy (non-hydrogen) atoms. The second-order valence-electron chi connectivity index (χ2n) is 3.32. The molecule has 1 heterocycles. The molecule has 1 aromatic carbocycles. The van der Waals surface area contributed by atoms with E-state index in [-0.39, 0.29) is 12.4 Å². The monoisotopic (exact) mass is 224 g/mol. The van der Waals surface area contributed by atoms with Crippen LogP contribution in [0.1, 0.15) is 18.1 Å². The third kappa shape index (κ3) is 2.18. The van der Waals surface area contributed by atoms with Crippen LogP contribution < -0.4 is 0 Å². The molecule has 0 spiro atoms. The molecule has 1 N–H and O–H groups in total. The van der Waals surface area contributed by atoms with Gasteiger partial charge < -0.3 is 5.21 Å². The van der Waals surface area contributed by atoms with E-state index < -0.39 is 0 Å². The van der Waals surface area contributed by atoms with Crippen LogP contribution in [0.3, 0.4) is 0 Å². The summed E-state index contributed by atoms with van der Waals surface area (Å²) >= 11 is 0. The Bertz CT molecular complexity index is 413. The first-order valence-electron chi connectivity index (χ1n) is 4.64. The molecule has 0 atom stereocenters. The maximum absolute atomic E-state index is 8.72. The highest BCUT2D eigenvalue weighted by Gasteiger charge is 2.15. The van der Waals surface area contributed by atoms with Crippen molar-refractivity contribution in [3.8, 4) is 0 Å². The molecule has 1 aliphatic heterocycles. The molecule has 0 amide bonds. The zero-order valence-corrected chi connectivity index (χ0v) is 9.29. The molecule has 1 aromatic rings. The fraction of sp³-hybridized carbons (Fsp3) is 0.273. The third-order valence-corrected chi connectivity index (χ3v) is 2.42. The Morgan fingerprint density at radius 3 is 2.87 bits per heavy atom. The molecular formula is C11H13ClN2O. The summed E-state index contributed by atoms with van der Waals surface area (Å²) in [4.78, 5) is 4.37. The van der Waals surface area contributed by atoms with Gasteiger partial charge in [0, 0.05) is 12.1 Å². The number of fused-ring (bicyclic) bond motifs is 1. The summed E-state index contributed by atoms with van der Waals surface area (Å²) < 4.78 is 0. The van der Waals surface area contributed by atoms with Crippen molar-refractivity contribution in [2.45, 2.75) is 13.3 Å². The zero-order chi connectivity index (χ0) is 9.97. The van der Waals surface area contributed by atoms with Gasteiger partial charge in [-0.25, -0.2) is 0 Å². The number of nitrogens with zero attached hydrogens (tertiary/aromatic N) is 2. The van der Waals surface area contributed by atoms with E-state index in [9.17, 15) is 0 Å². The van der Waals surface area contributed by atoms with Gasteiger partial charge in [0.2, 0.25) is 0 Å². The van der Waals surface area contributed by atoms with E-state index in [2.05, 4.69) is 16.2 Å². The van der Waals surface area contributed by atoms with Crippen molar-refractivity contribution in [1.29, 1.82) is 0 Å². The zero-order valence-electron chi connectivity index (χ0n) is 8.47. The first-order chi connectivity index (χ1) is 6.83. The van der Waals surface area contributed by atoms with Crippen molar-refractivity contribution in [2.75, 3.05) is 6.54 Å². The molecule has 0 bridgehead atoms. The molecule has 1 aliphatic rings. The van der Waals surface area contributed by atoms with Crippen LogP contribution in [-0.2, 0) is 6.42 Å². The summed E-state index contributed by atoms with van der Waals surface area (Å²) in [6.45, 7) is 2.54. The van der Waals surface area contributed by atoms with Gasteiger partial charge >= 0.3 is 0 Å². The fourth-order valence-electron chi connectivity index (χ4n) is 1.70. The van der Waals surface area contributed by atoms with Gasteiger partial charge in [-0.05, 0) is 18.9 Å². The number of hydrogen-bond acceptors (Lipinski definition) is 3. The predicted molar refractivity (Wildman–Crippen MR) is 63.7 cm³/mol. The Hall–Kier alpha value is -1.35. The second-order valence-corrected chi connectivity index (χ2v) is 3.32. The molecule has 2 rings (SSSR count). The van der Waals surface area contributed by atoms with Crippen LogP contribution in [0.25, 0.3) is 0 Å². The van der Waals surface area contributed by atoms with Gasteiger partial charge in [-0.2, -0.15) is 0 Å². The minimum Gasteiger partial charge on any atom is -0.411 e. The lowest BCUT2D eigenvalue weighted by atomic mass is 9.96. The maximum Gasteiger partial charge on any atom is 0.102 e. The average Bonchev–Trinajstić information content (AvgIpc) is 2.27. The van der Waals surface area contributed by atoms with E-state index in [0.717, 1.165) is 24.2 Å². The van der Waals surface area contributed by atoms with Crippen LogP contribution in [0.5, 0.6) is 0 Å². The second kappa shape index (κ2) is 4.94. The topological polar surface area (TPSA) is 45.0 Å². The van der Waals surface area contributed by atoms with E-state index in [1.165, 1.54) is 5.56 Å². The Balaban J connectivity index is 0.00000112. The Morgan fingerprint density at radius 2 is 2.13 bits per heavy atom. The van der Waals surface area contributed by atoms with Crippen molar-refractivity contribution in [3.63, 3.8) is 0 Å². The Labute approximate surface area is 94.9 Å². The van der Waals surface area contributed by atoms with Gasteiger partial charge in [-0.1, -0.05) is 29.4 Å². The van der Waals surface area contributed by atoms with E-state index in [4.69, 9.17) is 5.21 Å². The molecule has 0 unspecified atom stereocenters. The molecule has 0 saturated heterocycles. The highest BCUT2D eigenvalue weighted by Crippen LogP contribution is 2.16. The Kier molecular flexibility index (Phi) is 3.86. The van der Waals surface area contributed by atoms with Crippen LogP contribution in [0, 0.1) is 0 Å². The van der Waals surface area contributed by atoms with Gasteiger partial charge in [0.05, 0.1) is 5.71 Å². The van der Waals surface area contributed by atoms with Crippen molar-refractivity contribution >= 4 is 23.8 Å². The van der Waals surface area contributed by atoms with E-state index >= 15 is 0 Å². The molecule has 0 radical (unpaired) electrons. The quantitative estimate of drug-likeness (QED) is 0.444. The summed E-state index contributed by atoms with van der Waals surface area (Å²) in [7, 11) is 0. The fourth-order valence-corrected chi connectivity index (χ4v) is 1.70. The van der Waals surface area contributed by atoms with Crippen LogP contribution >= 0.6 is 12.4 Å². The molecular weight excluding hydrogens is 212 g/mol. The van der Waals surface area contributed by atoms with E-state index in [1.54, 1.807) is 6.92 Å². The van der Waals surface area contributed by atoms with Crippen molar-refractivity contribution in [2.24, 2.45) is 10.1 Å². The first-order valence-corrected chi connectivity index (χ1v) is 4.64. The number of benzene rings is 1. The summed E-state index contributed by atoms with van der Waals surface area (Å²) in [6, 6.07) is 8.11. The molecule has 0 aromatic heterocycles. The standard InChI is InChI=1S/C11H12N2O.ClH/c1-8(13-14)11-10-5-3-2-4-9(10)6-7-12-11;/h2-5,14H,6-7H2,1H3;1H/b13-8-;. The first kappa shape index (κ1) is 11.7. The number of oxime groups is 1. The highest BCUT2D eigenvalue weighted by atomic mass is 35.5. The summed E-state index contributed by atoms with van der Waals surface area (Å²) in [5, 5.41) is 11.9. The number of halogens is 1. The Morgan fingerprint density at radius 1 is 1.40 bits per heavy atom. The minimum absolute atomic E-state index is 0. The SMILES string of the molecule is C/C(=N/O)C1=NCCc2ccccc21.Cl. The highest BCUT2D eigenvalue weighted by molar-refractivity contribution is 6.48. The lowest BCUT2D eigenvalue weighted by Crippen LogP contribution is -2.19. The smallest absolute Gasteiger partial charge is 0.102 e. The van der Waals surface area contributed by atoms with Gasteiger partial charge in [-0.3, -0.25) is 4.99 Å². The van der Waals surface area contributed by atoms with Gasteiger partial charge in [-0.15, -0.1) is 12.4 Å². The lowest BCUT2D eigenvalue weighted by molar-refractivity contribution is 0.320. The number of aliphatic imine (C=N–C) groups is 1. The van der Waals surface area contributed by atoms with Crippen LogP contribution in [-0.4, -0.2) is 23.2 Å². The lowest BCUT2D eigenvalue weighted by Gasteiger charge is -2.15. The third-order valence-electron chi connectivity index (χ3n) is 2.42. The predicted octanol–water partition coefficient (Wildman–Crippen LogP) is 2.30. The molecule has 0 saturated carbocycles. The largest absolute Gasteiger partial charge is 0.411 e. The minimum atomic E-state index is 0. The van der Waals surface area contributed by atoms with Gasteiger partial charge in [0.15, 0.2) is 0 Å². The van der Waals surface area contributed by atoms with Gasteiger partial charge in [0.25, 0.3) is 0 Å². The van der Waals surface area contributed by atoms with Crippen molar-refractivity contribution in [1.82, 2.24) is 0 Å². The molecule has 80 valence electrons. The van der Waals surface area contributed by atoms with Crippen molar-refractivity contribution < 1.29 is 5.21 Å². The van der Waals surface area contributed by atoms with Crippen molar-refractivity contribution in [3.05, 3.63) is 35.4 Å². The van der Waals surface area contributed by atoms with Crippen LogP contribution in [0.15, 0.2) is 34.4 Å².